The van der Waals surface area contributed by atoms with Crippen molar-refractivity contribution < 1.29 is 19.1 Å². The number of ether oxygens (including phenoxy) is 1. The second-order valence-corrected chi connectivity index (χ2v) is 9.27. The van der Waals surface area contributed by atoms with Gasteiger partial charge in [-0.25, -0.2) is 0 Å². The number of benzene rings is 2. The topological polar surface area (TPSA) is 75.7 Å². The van der Waals surface area contributed by atoms with Crippen LogP contribution < -0.4 is 10.1 Å². The largest absolute Gasteiger partial charge is 0.497 e. The van der Waals surface area contributed by atoms with Crippen molar-refractivity contribution in [3.8, 4) is 5.75 Å². The summed E-state index contributed by atoms with van der Waals surface area (Å²) in [4.78, 5) is 39.9. The summed E-state index contributed by atoms with van der Waals surface area (Å²) in [6.07, 6.45) is 4.45. The highest BCUT2D eigenvalue weighted by Crippen LogP contribution is 2.31. The number of rotatable bonds is 8. The fraction of sp³-hybridized carbons (Fsp3) is 0.444. The highest BCUT2D eigenvalue weighted by Gasteiger charge is 2.39. The summed E-state index contributed by atoms with van der Waals surface area (Å²) in [5, 5.41) is 3.16. The van der Waals surface area contributed by atoms with Crippen LogP contribution >= 0.6 is 0 Å². The Hall–Kier alpha value is -3.15. The van der Waals surface area contributed by atoms with Crippen LogP contribution in [0, 0.1) is 5.92 Å². The van der Waals surface area contributed by atoms with Crippen LogP contribution in [0.3, 0.4) is 0 Å². The molecule has 0 saturated carbocycles. The van der Waals surface area contributed by atoms with E-state index in [1.165, 1.54) is 0 Å². The Morgan fingerprint density at radius 2 is 1.97 bits per heavy atom. The maximum Gasteiger partial charge on any atom is 0.222 e. The Kier molecular flexibility index (Phi) is 7.11. The maximum atomic E-state index is 13.1. The fourth-order valence-electron chi connectivity index (χ4n) is 5.12. The zero-order chi connectivity index (χ0) is 23.3. The number of methoxy groups -OCH3 is 1. The minimum Gasteiger partial charge on any atom is -0.497 e. The number of Topliss-reactive ketones (excluding diaryl/α,β-unsaturated/α-hetero) is 1. The highest BCUT2D eigenvalue weighted by atomic mass is 16.5. The Morgan fingerprint density at radius 1 is 1.15 bits per heavy atom. The third-order valence-electron chi connectivity index (χ3n) is 6.93. The molecular weight excluding hydrogens is 416 g/mol. The van der Waals surface area contributed by atoms with Crippen LogP contribution in [0.1, 0.15) is 54.4 Å². The number of carbonyl (C=O) groups is 3. The first-order chi connectivity index (χ1) is 16.0. The van der Waals surface area contributed by atoms with E-state index in [1.807, 2.05) is 59.5 Å². The average molecular weight is 449 g/mol. The molecule has 1 N–H and O–H groups in total. The molecule has 2 saturated heterocycles. The van der Waals surface area contributed by atoms with Gasteiger partial charge >= 0.3 is 0 Å². The third-order valence-corrected chi connectivity index (χ3v) is 6.93. The molecule has 2 fully saturated rings. The van der Waals surface area contributed by atoms with E-state index in [2.05, 4.69) is 5.32 Å². The SMILES string of the molecule is COc1cccc(C[C@]2(CCC(=O)N3CCC[C@H](C(=O)c4ccccc4)C3)CCC(=O)N2)c1. The molecule has 0 spiro atoms. The third kappa shape index (κ3) is 5.62. The van der Waals surface area contributed by atoms with E-state index < -0.39 is 5.54 Å². The summed E-state index contributed by atoms with van der Waals surface area (Å²) in [6.45, 7) is 1.16. The van der Waals surface area contributed by atoms with Crippen molar-refractivity contribution in [1.29, 1.82) is 0 Å². The molecule has 2 amide bonds. The first-order valence-corrected chi connectivity index (χ1v) is 11.8. The zero-order valence-corrected chi connectivity index (χ0v) is 19.2. The van der Waals surface area contributed by atoms with Crippen LogP contribution in [-0.2, 0) is 16.0 Å². The summed E-state index contributed by atoms with van der Waals surface area (Å²) in [7, 11) is 1.64. The molecule has 6 heteroatoms. The molecule has 0 unspecified atom stereocenters. The molecule has 0 radical (unpaired) electrons. The number of nitrogens with zero attached hydrogens (tertiary/aromatic N) is 1. The lowest BCUT2D eigenvalue weighted by molar-refractivity contribution is -0.133. The van der Waals surface area contributed by atoms with Crippen molar-refractivity contribution in [1.82, 2.24) is 10.2 Å². The van der Waals surface area contributed by atoms with E-state index in [0.29, 0.717) is 50.8 Å². The highest BCUT2D eigenvalue weighted by molar-refractivity contribution is 5.98. The van der Waals surface area contributed by atoms with Gasteiger partial charge < -0.3 is 15.0 Å². The molecule has 33 heavy (non-hydrogen) atoms. The summed E-state index contributed by atoms with van der Waals surface area (Å²) in [6, 6.07) is 17.2. The van der Waals surface area contributed by atoms with Gasteiger partial charge in [-0.05, 0) is 49.8 Å². The van der Waals surface area contributed by atoms with Gasteiger partial charge in [0.2, 0.25) is 11.8 Å². The van der Waals surface area contributed by atoms with Gasteiger partial charge in [-0.2, -0.15) is 0 Å². The van der Waals surface area contributed by atoms with Crippen LogP contribution in [-0.4, -0.2) is 48.2 Å². The number of hydrogen-bond acceptors (Lipinski definition) is 4. The molecule has 2 aliphatic heterocycles. The van der Waals surface area contributed by atoms with Crippen LogP contribution in [0.5, 0.6) is 5.75 Å². The minimum absolute atomic E-state index is 0.0387. The number of piperidine rings is 1. The molecule has 2 aromatic rings. The van der Waals surface area contributed by atoms with Crippen LogP contribution in [0.15, 0.2) is 54.6 Å². The molecule has 174 valence electrons. The molecule has 0 aromatic heterocycles. The van der Waals surface area contributed by atoms with Crippen molar-refractivity contribution in [3.05, 3.63) is 65.7 Å². The van der Waals surface area contributed by atoms with Crippen LogP contribution in [0.4, 0.5) is 0 Å². The lowest BCUT2D eigenvalue weighted by Gasteiger charge is -2.34. The average Bonchev–Trinajstić information content (AvgIpc) is 3.23. The summed E-state index contributed by atoms with van der Waals surface area (Å²) in [5.74, 6) is 0.849. The Bertz CT molecular complexity index is 1010. The number of ketones is 1. The van der Waals surface area contributed by atoms with Gasteiger partial charge in [-0.1, -0.05) is 42.5 Å². The Morgan fingerprint density at radius 3 is 2.70 bits per heavy atom. The second kappa shape index (κ2) is 10.2. The van der Waals surface area contributed by atoms with Crippen molar-refractivity contribution in [2.24, 2.45) is 5.92 Å². The lowest BCUT2D eigenvalue weighted by Crippen LogP contribution is -2.46. The zero-order valence-electron chi connectivity index (χ0n) is 19.2. The molecule has 2 aliphatic rings. The van der Waals surface area contributed by atoms with Crippen molar-refractivity contribution in [3.63, 3.8) is 0 Å². The molecule has 2 aromatic carbocycles. The molecule has 2 atom stereocenters. The van der Waals surface area contributed by atoms with Gasteiger partial charge in [0.15, 0.2) is 5.78 Å². The van der Waals surface area contributed by atoms with E-state index in [4.69, 9.17) is 4.74 Å². The summed E-state index contributed by atoms with van der Waals surface area (Å²) >= 11 is 0. The number of carbonyl (C=O) groups excluding carboxylic acids is 3. The van der Waals surface area contributed by atoms with E-state index in [-0.39, 0.29) is 23.5 Å². The number of amides is 2. The molecule has 0 aliphatic carbocycles. The van der Waals surface area contributed by atoms with E-state index >= 15 is 0 Å². The smallest absolute Gasteiger partial charge is 0.222 e. The lowest BCUT2D eigenvalue weighted by atomic mass is 9.84. The van der Waals surface area contributed by atoms with Gasteiger partial charge in [-0.3, -0.25) is 14.4 Å². The molecule has 6 nitrogen and oxygen atoms in total. The fourth-order valence-corrected chi connectivity index (χ4v) is 5.12. The standard InChI is InChI=1S/C27H32N2O4/c1-33-23-11-5-7-20(17-23)18-27(14-12-24(30)28-27)15-13-25(31)29-16-6-10-22(19-29)26(32)21-8-3-2-4-9-21/h2-5,7-9,11,17,22H,6,10,12-16,18-19H2,1H3,(H,28,30)/t22-,27+/m0/s1. The van der Waals surface area contributed by atoms with Crippen molar-refractivity contribution in [2.45, 2.75) is 50.5 Å². The van der Waals surface area contributed by atoms with Crippen molar-refractivity contribution >= 4 is 17.6 Å². The molecule has 4 rings (SSSR count). The quantitative estimate of drug-likeness (QED) is 0.624. The monoisotopic (exact) mass is 448 g/mol. The normalized spacial score (nSPS) is 22.6. The predicted molar refractivity (Wildman–Crippen MR) is 126 cm³/mol. The Labute approximate surface area is 195 Å². The van der Waals surface area contributed by atoms with E-state index in [0.717, 1.165) is 24.2 Å². The number of hydrogen-bond donors (Lipinski definition) is 1. The Balaban J connectivity index is 1.39. The summed E-state index contributed by atoms with van der Waals surface area (Å²) in [5.41, 5.74) is 1.37. The van der Waals surface area contributed by atoms with E-state index in [1.54, 1.807) is 7.11 Å². The van der Waals surface area contributed by atoms with Crippen LogP contribution in [0.25, 0.3) is 0 Å². The van der Waals surface area contributed by atoms with E-state index in [9.17, 15) is 14.4 Å². The van der Waals surface area contributed by atoms with Gasteiger partial charge in [0, 0.05) is 43.0 Å². The molecule has 2 heterocycles. The van der Waals surface area contributed by atoms with Gasteiger partial charge in [0.1, 0.15) is 5.75 Å². The first kappa shape index (κ1) is 23.0. The van der Waals surface area contributed by atoms with Gasteiger partial charge in [0.05, 0.1) is 7.11 Å². The first-order valence-electron chi connectivity index (χ1n) is 11.8. The van der Waals surface area contributed by atoms with Gasteiger partial charge in [-0.15, -0.1) is 0 Å². The van der Waals surface area contributed by atoms with Crippen LogP contribution in [0.2, 0.25) is 0 Å². The second-order valence-electron chi connectivity index (χ2n) is 9.27. The molecular formula is C27H32N2O4. The number of likely N-dealkylation sites (tertiary alicyclic amines) is 1. The molecule has 0 bridgehead atoms. The maximum absolute atomic E-state index is 13.1. The van der Waals surface area contributed by atoms with Crippen molar-refractivity contribution in [2.75, 3.05) is 20.2 Å². The van der Waals surface area contributed by atoms with Gasteiger partial charge in [0.25, 0.3) is 0 Å². The summed E-state index contributed by atoms with van der Waals surface area (Å²) < 4.78 is 5.34. The number of nitrogens with one attached hydrogen (secondary N) is 1. The predicted octanol–water partition coefficient (Wildman–Crippen LogP) is 3.79. The minimum atomic E-state index is -0.422.